The number of unbranched alkanes of at least 4 members (excludes halogenated alkanes) is 2. The molecule has 0 radical (unpaired) electrons. The molecule has 0 bridgehead atoms. The van der Waals surface area contributed by atoms with Crippen molar-refractivity contribution in [1.82, 2.24) is 15.6 Å². The highest BCUT2D eigenvalue weighted by molar-refractivity contribution is 5.98. The first-order chi connectivity index (χ1) is 21.5. The molecule has 5 rings (SSSR count). The average Bonchev–Trinajstić information content (AvgIpc) is 3.43. The number of fused-ring (bicyclic) bond motifs is 1. The van der Waals surface area contributed by atoms with Crippen molar-refractivity contribution in [3.05, 3.63) is 120 Å². The van der Waals surface area contributed by atoms with Crippen LogP contribution in [0.15, 0.2) is 109 Å². The molecular formula is C38H39N3O3. The number of aromatic amines is 1. The molecule has 2 amide bonds. The molecule has 1 heterocycles. The Morgan fingerprint density at radius 3 is 2.05 bits per heavy atom. The molecule has 224 valence electrons. The van der Waals surface area contributed by atoms with Gasteiger partial charge < -0.3 is 20.4 Å². The fraction of sp³-hybridized carbons (Fsp3) is 0.237. The van der Waals surface area contributed by atoms with Gasteiger partial charge in [0.1, 0.15) is 11.8 Å². The van der Waals surface area contributed by atoms with Crippen LogP contribution in [0.5, 0.6) is 0 Å². The van der Waals surface area contributed by atoms with Crippen molar-refractivity contribution in [3.8, 4) is 22.4 Å². The predicted molar refractivity (Wildman–Crippen MR) is 177 cm³/mol. The van der Waals surface area contributed by atoms with Crippen molar-refractivity contribution in [1.29, 1.82) is 0 Å². The Labute approximate surface area is 258 Å². The van der Waals surface area contributed by atoms with Gasteiger partial charge in [0, 0.05) is 35.1 Å². The van der Waals surface area contributed by atoms with E-state index in [9.17, 15) is 14.4 Å². The first-order valence-corrected chi connectivity index (χ1v) is 15.4. The van der Waals surface area contributed by atoms with E-state index in [2.05, 4.69) is 39.9 Å². The zero-order chi connectivity index (χ0) is 30.7. The highest BCUT2D eigenvalue weighted by Crippen LogP contribution is 2.30. The van der Waals surface area contributed by atoms with Crippen LogP contribution < -0.4 is 10.6 Å². The summed E-state index contributed by atoms with van der Waals surface area (Å²) in [6, 6.07) is 35.1. The maximum absolute atomic E-state index is 13.5. The van der Waals surface area contributed by atoms with E-state index in [0.29, 0.717) is 31.4 Å². The van der Waals surface area contributed by atoms with Gasteiger partial charge >= 0.3 is 0 Å². The zero-order valence-corrected chi connectivity index (χ0v) is 25.1. The molecule has 1 atom stereocenters. The third-order valence-electron chi connectivity index (χ3n) is 7.95. The lowest BCUT2D eigenvalue weighted by Gasteiger charge is -2.19. The molecule has 0 fully saturated rings. The average molecular weight is 586 g/mol. The van der Waals surface area contributed by atoms with Gasteiger partial charge in [-0.3, -0.25) is 9.59 Å². The van der Waals surface area contributed by atoms with E-state index in [0.717, 1.165) is 58.1 Å². The number of ketones is 1. The number of aromatic nitrogens is 1. The molecule has 0 aliphatic carbocycles. The molecular weight excluding hydrogens is 546 g/mol. The molecule has 3 N–H and O–H groups in total. The lowest BCUT2D eigenvalue weighted by atomic mass is 10.0. The zero-order valence-electron chi connectivity index (χ0n) is 25.1. The molecule has 6 heteroatoms. The summed E-state index contributed by atoms with van der Waals surface area (Å²) >= 11 is 0. The van der Waals surface area contributed by atoms with E-state index >= 15 is 0 Å². The molecule has 0 aliphatic rings. The van der Waals surface area contributed by atoms with E-state index in [1.807, 2.05) is 72.8 Å². The minimum Gasteiger partial charge on any atom is -0.354 e. The SMILES string of the molecule is CC(=O)CCCCCC(NC(=O)c1ccc(-c2ccccc2)cc1)C(=O)NCCc1c(-c2ccccc2)[nH]c2ccccc12. The fourth-order valence-electron chi connectivity index (χ4n) is 5.60. The van der Waals surface area contributed by atoms with Crippen LogP contribution in [-0.2, 0) is 16.0 Å². The van der Waals surface area contributed by atoms with Crippen molar-refractivity contribution < 1.29 is 14.4 Å². The lowest BCUT2D eigenvalue weighted by Crippen LogP contribution is -2.47. The highest BCUT2D eigenvalue weighted by atomic mass is 16.2. The summed E-state index contributed by atoms with van der Waals surface area (Å²) in [6.07, 6.45) is 4.01. The first kappa shape index (κ1) is 30.5. The summed E-state index contributed by atoms with van der Waals surface area (Å²) in [5.41, 5.74) is 6.96. The van der Waals surface area contributed by atoms with Crippen LogP contribution in [0.4, 0.5) is 0 Å². The van der Waals surface area contributed by atoms with Gasteiger partial charge in [0.2, 0.25) is 5.91 Å². The standard InChI is InChI=1S/C38H39N3O3/c1-27(42)13-5-2-10-20-35(41-37(43)31-23-21-29(22-24-31)28-14-6-3-7-15-28)38(44)39-26-25-33-32-18-11-12-19-34(32)40-36(33)30-16-8-4-9-17-30/h3-4,6-9,11-12,14-19,21-24,35,40H,2,5,10,13,20,25-26H2,1H3,(H,39,44)(H,41,43). The van der Waals surface area contributed by atoms with Gasteiger partial charge in [-0.2, -0.15) is 0 Å². The van der Waals surface area contributed by atoms with Gasteiger partial charge in [-0.25, -0.2) is 0 Å². The summed E-state index contributed by atoms with van der Waals surface area (Å²) < 4.78 is 0. The molecule has 1 aromatic heterocycles. The Bertz CT molecular complexity index is 1690. The molecule has 0 saturated carbocycles. The van der Waals surface area contributed by atoms with Crippen molar-refractivity contribution in [2.75, 3.05) is 6.54 Å². The van der Waals surface area contributed by atoms with Gasteiger partial charge in [0.05, 0.1) is 0 Å². The second-order valence-electron chi connectivity index (χ2n) is 11.2. The number of rotatable bonds is 14. The van der Waals surface area contributed by atoms with Gasteiger partial charge in [0.25, 0.3) is 5.91 Å². The molecule has 0 saturated heterocycles. The number of para-hydroxylation sites is 1. The molecule has 4 aromatic carbocycles. The molecule has 6 nitrogen and oxygen atoms in total. The maximum atomic E-state index is 13.5. The van der Waals surface area contributed by atoms with Crippen LogP contribution in [0.2, 0.25) is 0 Å². The Hall–Kier alpha value is -4.97. The second kappa shape index (κ2) is 15.0. The number of hydrogen-bond acceptors (Lipinski definition) is 3. The number of carbonyl (C=O) groups excluding carboxylic acids is 3. The van der Waals surface area contributed by atoms with Crippen LogP contribution in [-0.4, -0.2) is 35.2 Å². The maximum Gasteiger partial charge on any atom is 0.251 e. The normalized spacial score (nSPS) is 11.7. The second-order valence-corrected chi connectivity index (χ2v) is 11.2. The van der Waals surface area contributed by atoms with E-state index in [-0.39, 0.29) is 17.6 Å². The Kier molecular flexibility index (Phi) is 10.4. The lowest BCUT2D eigenvalue weighted by molar-refractivity contribution is -0.123. The molecule has 0 aliphatic heterocycles. The molecule has 5 aromatic rings. The fourth-order valence-corrected chi connectivity index (χ4v) is 5.60. The van der Waals surface area contributed by atoms with Crippen molar-refractivity contribution >= 4 is 28.5 Å². The number of H-pyrrole nitrogens is 1. The smallest absolute Gasteiger partial charge is 0.251 e. The van der Waals surface area contributed by atoms with E-state index < -0.39 is 6.04 Å². The van der Waals surface area contributed by atoms with Crippen LogP contribution in [0.3, 0.4) is 0 Å². The summed E-state index contributed by atoms with van der Waals surface area (Å²) in [5, 5.41) is 7.20. The van der Waals surface area contributed by atoms with Crippen molar-refractivity contribution in [3.63, 3.8) is 0 Å². The van der Waals surface area contributed by atoms with Crippen molar-refractivity contribution in [2.45, 2.75) is 51.5 Å². The van der Waals surface area contributed by atoms with E-state index in [1.54, 1.807) is 19.1 Å². The minimum atomic E-state index is -0.676. The molecule has 44 heavy (non-hydrogen) atoms. The molecule has 0 spiro atoms. The number of Topliss-reactive ketones (excluding diaryl/α,β-unsaturated/α-hetero) is 1. The third kappa shape index (κ3) is 7.90. The van der Waals surface area contributed by atoms with Crippen molar-refractivity contribution in [2.24, 2.45) is 0 Å². The van der Waals surface area contributed by atoms with Crippen LogP contribution in [0.25, 0.3) is 33.3 Å². The van der Waals surface area contributed by atoms with Crippen LogP contribution >= 0.6 is 0 Å². The van der Waals surface area contributed by atoms with E-state index in [1.165, 1.54) is 0 Å². The summed E-state index contributed by atoms with van der Waals surface area (Å²) in [7, 11) is 0. The number of carbonyl (C=O) groups is 3. The van der Waals surface area contributed by atoms with Crippen LogP contribution in [0.1, 0.15) is 54.9 Å². The Morgan fingerprint density at radius 2 is 1.34 bits per heavy atom. The number of amides is 2. The summed E-state index contributed by atoms with van der Waals surface area (Å²) in [4.78, 5) is 41.6. The summed E-state index contributed by atoms with van der Waals surface area (Å²) in [6.45, 7) is 2.03. The van der Waals surface area contributed by atoms with E-state index in [4.69, 9.17) is 0 Å². The Morgan fingerprint density at radius 1 is 0.705 bits per heavy atom. The van der Waals surface area contributed by atoms with Crippen LogP contribution in [0, 0.1) is 0 Å². The Balaban J connectivity index is 1.26. The number of benzene rings is 4. The monoisotopic (exact) mass is 585 g/mol. The summed E-state index contributed by atoms with van der Waals surface area (Å²) in [5.74, 6) is -0.317. The highest BCUT2D eigenvalue weighted by Gasteiger charge is 2.22. The predicted octanol–water partition coefficient (Wildman–Crippen LogP) is 7.50. The van der Waals surface area contributed by atoms with Gasteiger partial charge in [-0.1, -0.05) is 104 Å². The first-order valence-electron chi connectivity index (χ1n) is 15.4. The third-order valence-corrected chi connectivity index (χ3v) is 7.95. The van der Waals surface area contributed by atoms with Gasteiger partial charge in [-0.15, -0.1) is 0 Å². The quantitative estimate of drug-likeness (QED) is 0.118. The molecule has 1 unspecified atom stereocenters. The van der Waals surface area contributed by atoms with Gasteiger partial charge in [0.15, 0.2) is 0 Å². The number of hydrogen-bond donors (Lipinski definition) is 3. The van der Waals surface area contributed by atoms with Gasteiger partial charge in [-0.05, 0) is 66.6 Å². The topological polar surface area (TPSA) is 91.1 Å². The largest absolute Gasteiger partial charge is 0.354 e. The minimum absolute atomic E-state index is 0.165. The number of nitrogens with one attached hydrogen (secondary N) is 3.